The lowest BCUT2D eigenvalue weighted by atomic mass is 9.95. The van der Waals surface area contributed by atoms with Gasteiger partial charge in [-0.1, -0.05) is 60.8 Å². The molecule has 0 bridgehead atoms. The first-order chi connectivity index (χ1) is 16.0. The van der Waals surface area contributed by atoms with E-state index in [1.54, 1.807) is 28.8 Å². The first-order valence-electron chi connectivity index (χ1n) is 10.6. The van der Waals surface area contributed by atoms with Gasteiger partial charge in [0.25, 0.3) is 0 Å². The second-order valence-electron chi connectivity index (χ2n) is 7.79. The average molecular weight is 508 g/mol. The van der Waals surface area contributed by atoms with Crippen LogP contribution in [0.2, 0.25) is 10.2 Å². The molecule has 0 saturated carbocycles. The van der Waals surface area contributed by atoms with Crippen molar-refractivity contribution in [2.24, 2.45) is 0 Å². The van der Waals surface area contributed by atoms with Gasteiger partial charge in [0.1, 0.15) is 5.15 Å². The van der Waals surface area contributed by atoms with E-state index in [1.165, 1.54) is 19.1 Å². The Morgan fingerprint density at radius 1 is 1.00 bits per heavy atom. The Morgan fingerprint density at radius 2 is 1.62 bits per heavy atom. The topological polar surface area (TPSA) is 39.1 Å². The number of carbonyl (C=O) groups is 2. The normalized spacial score (nSPS) is 11.9. The van der Waals surface area contributed by atoms with Crippen LogP contribution in [0.3, 0.4) is 0 Å². The largest absolute Gasteiger partial charge is 0.416 e. The molecule has 2 aromatic carbocycles. The molecule has 0 aliphatic heterocycles. The number of allylic oxidation sites excluding steroid dienone is 1. The molecule has 0 radical (unpaired) electrons. The molecule has 0 aliphatic carbocycles. The fraction of sp³-hybridized carbons (Fsp3) is 0.231. The third kappa shape index (κ3) is 5.62. The smallest absolute Gasteiger partial charge is 0.330 e. The van der Waals surface area contributed by atoms with Gasteiger partial charge in [-0.15, -0.1) is 0 Å². The van der Waals surface area contributed by atoms with Crippen molar-refractivity contribution < 1.29 is 22.8 Å². The van der Waals surface area contributed by atoms with Gasteiger partial charge in [-0.3, -0.25) is 9.59 Å². The van der Waals surface area contributed by atoms with Gasteiger partial charge in [-0.25, -0.2) is 0 Å². The molecule has 178 valence electrons. The molecule has 1 heterocycles. The van der Waals surface area contributed by atoms with Gasteiger partial charge in [0.05, 0.1) is 16.8 Å². The fourth-order valence-corrected chi connectivity index (χ4v) is 4.03. The molecule has 0 saturated heterocycles. The zero-order chi connectivity index (χ0) is 25.0. The summed E-state index contributed by atoms with van der Waals surface area (Å²) >= 11 is 12.8. The van der Waals surface area contributed by atoms with Gasteiger partial charge < -0.3 is 4.57 Å². The van der Waals surface area contributed by atoms with Crippen LogP contribution < -0.4 is 0 Å². The van der Waals surface area contributed by atoms with E-state index in [-0.39, 0.29) is 22.1 Å². The first-order valence-corrected chi connectivity index (χ1v) is 11.4. The molecule has 3 aromatic rings. The van der Waals surface area contributed by atoms with Crippen LogP contribution in [-0.4, -0.2) is 16.1 Å². The number of hydrogen-bond donors (Lipinski definition) is 0. The summed E-state index contributed by atoms with van der Waals surface area (Å²) in [6, 6.07) is 10.9. The highest BCUT2D eigenvalue weighted by Gasteiger charge is 2.31. The summed E-state index contributed by atoms with van der Waals surface area (Å²) in [6.45, 7) is 3.90. The van der Waals surface area contributed by atoms with Crippen molar-refractivity contribution in [2.75, 3.05) is 0 Å². The van der Waals surface area contributed by atoms with Crippen LogP contribution in [0.25, 0.3) is 17.3 Å². The van der Waals surface area contributed by atoms with Crippen molar-refractivity contribution in [1.82, 2.24) is 4.57 Å². The van der Waals surface area contributed by atoms with E-state index in [0.29, 0.717) is 28.4 Å². The van der Waals surface area contributed by atoms with Gasteiger partial charge in [0.2, 0.25) is 0 Å². The number of nitrogens with zero attached hydrogens (tertiary/aromatic N) is 1. The number of rotatable bonds is 8. The molecule has 0 fully saturated rings. The van der Waals surface area contributed by atoms with Crippen LogP contribution in [0.5, 0.6) is 0 Å². The minimum atomic E-state index is -4.52. The number of halogens is 5. The highest BCUT2D eigenvalue weighted by atomic mass is 35.5. The van der Waals surface area contributed by atoms with E-state index >= 15 is 0 Å². The summed E-state index contributed by atoms with van der Waals surface area (Å²) in [5, 5.41) is 0.778. The Hall–Kier alpha value is -2.83. The first kappa shape index (κ1) is 25.8. The summed E-state index contributed by atoms with van der Waals surface area (Å²) in [6.07, 6.45) is -0.0866. The highest BCUT2D eigenvalue weighted by molar-refractivity contribution is 6.33. The second kappa shape index (κ2) is 10.6. The SMILES string of the molecule is CCCCn1c(Cl)c(/C=C/C(C)=O)c(C(=O)c2ccc(C(F)(F)F)cc2)c1-c1ccc(Cl)cc1. The molecule has 3 rings (SSSR count). The second-order valence-corrected chi connectivity index (χ2v) is 8.58. The molecule has 1 aromatic heterocycles. The number of hydrogen-bond acceptors (Lipinski definition) is 2. The summed E-state index contributed by atoms with van der Waals surface area (Å²) in [5.74, 6) is -0.739. The molecule has 0 amide bonds. The van der Waals surface area contributed by atoms with Gasteiger partial charge in [-0.05, 0) is 55.3 Å². The maximum Gasteiger partial charge on any atom is 0.416 e. The van der Waals surface area contributed by atoms with Gasteiger partial charge in [0.15, 0.2) is 11.6 Å². The molecule has 0 spiro atoms. The van der Waals surface area contributed by atoms with E-state index in [0.717, 1.165) is 37.1 Å². The summed E-state index contributed by atoms with van der Waals surface area (Å²) < 4.78 is 40.9. The Labute approximate surface area is 205 Å². The number of ketones is 2. The lowest BCUT2D eigenvalue weighted by Crippen LogP contribution is -2.08. The number of unbranched alkanes of at least 4 members (excludes halogenated alkanes) is 1. The molecule has 3 nitrogen and oxygen atoms in total. The van der Waals surface area contributed by atoms with Crippen molar-refractivity contribution in [3.8, 4) is 11.3 Å². The summed E-state index contributed by atoms with van der Waals surface area (Å²) in [7, 11) is 0. The number of benzene rings is 2. The molecule has 0 unspecified atom stereocenters. The van der Waals surface area contributed by atoms with Crippen molar-refractivity contribution >= 4 is 40.8 Å². The standard InChI is InChI=1S/C26H22Cl2F3NO2/c1-3-4-15-32-23(17-8-12-20(27)13-9-17)22(21(25(32)28)14-5-16(2)33)24(34)18-6-10-19(11-7-18)26(29,30)31/h5-14H,3-4,15H2,1-2H3/b14-5+. The molecule has 0 N–H and O–H groups in total. The quantitative estimate of drug-likeness (QED) is 0.228. The van der Waals surface area contributed by atoms with Gasteiger partial charge >= 0.3 is 6.18 Å². The lowest BCUT2D eigenvalue weighted by Gasteiger charge is -2.13. The summed E-state index contributed by atoms with van der Waals surface area (Å²) in [4.78, 5) is 25.3. The minimum Gasteiger partial charge on any atom is -0.330 e. The predicted octanol–water partition coefficient (Wildman–Crippen LogP) is 8.11. The fourth-order valence-electron chi connectivity index (χ4n) is 3.58. The molecule has 0 atom stereocenters. The lowest BCUT2D eigenvalue weighted by molar-refractivity contribution is -0.137. The van der Waals surface area contributed by atoms with Crippen molar-refractivity contribution in [3.63, 3.8) is 0 Å². The van der Waals surface area contributed by atoms with Gasteiger partial charge in [-0.2, -0.15) is 13.2 Å². The Bertz CT molecular complexity index is 1220. The van der Waals surface area contributed by atoms with Gasteiger partial charge in [0, 0.05) is 22.7 Å². The Kier molecular flexibility index (Phi) is 8.05. The van der Waals surface area contributed by atoms with Crippen LogP contribution in [0.15, 0.2) is 54.6 Å². The van der Waals surface area contributed by atoms with Crippen molar-refractivity contribution in [2.45, 2.75) is 39.4 Å². The van der Waals surface area contributed by atoms with Crippen LogP contribution in [0, 0.1) is 0 Å². The van der Waals surface area contributed by atoms with Crippen molar-refractivity contribution in [3.05, 3.63) is 87.0 Å². The van der Waals surface area contributed by atoms with Crippen molar-refractivity contribution in [1.29, 1.82) is 0 Å². The molecule has 0 aliphatic rings. The molecule has 8 heteroatoms. The van der Waals surface area contributed by atoms with E-state index in [4.69, 9.17) is 23.2 Å². The maximum absolute atomic E-state index is 13.7. The predicted molar refractivity (Wildman–Crippen MR) is 129 cm³/mol. The van der Waals surface area contributed by atoms with E-state index in [9.17, 15) is 22.8 Å². The van der Waals surface area contributed by atoms with Crippen LogP contribution >= 0.6 is 23.2 Å². The molecule has 34 heavy (non-hydrogen) atoms. The highest BCUT2D eigenvalue weighted by Crippen LogP contribution is 2.38. The third-order valence-corrected chi connectivity index (χ3v) is 5.93. The Balaban J connectivity index is 2.28. The zero-order valence-corrected chi connectivity index (χ0v) is 20.1. The zero-order valence-electron chi connectivity index (χ0n) is 18.5. The third-order valence-electron chi connectivity index (χ3n) is 5.27. The minimum absolute atomic E-state index is 0.0741. The number of carbonyl (C=O) groups excluding carboxylic acids is 2. The Morgan fingerprint density at radius 3 is 2.15 bits per heavy atom. The van der Waals surface area contributed by atoms with Crippen LogP contribution in [0.4, 0.5) is 13.2 Å². The van der Waals surface area contributed by atoms with Crippen LogP contribution in [-0.2, 0) is 17.5 Å². The van der Waals surface area contributed by atoms with E-state index in [1.807, 2.05) is 6.92 Å². The molecular formula is C26H22Cl2F3NO2. The number of alkyl halides is 3. The maximum atomic E-state index is 13.7. The van der Waals surface area contributed by atoms with Crippen LogP contribution in [0.1, 0.15) is 53.7 Å². The monoisotopic (exact) mass is 507 g/mol. The number of aromatic nitrogens is 1. The average Bonchev–Trinajstić information content (AvgIpc) is 3.07. The van der Waals surface area contributed by atoms with E-state index < -0.39 is 17.5 Å². The van der Waals surface area contributed by atoms with E-state index in [2.05, 4.69) is 0 Å². The molecular weight excluding hydrogens is 486 g/mol. The summed E-state index contributed by atoms with van der Waals surface area (Å²) in [5.41, 5.74) is 0.953.